The van der Waals surface area contributed by atoms with Gasteiger partial charge < -0.3 is 15.8 Å². The topological polar surface area (TPSA) is 121 Å². The lowest BCUT2D eigenvalue weighted by Gasteiger charge is -2.19. The van der Waals surface area contributed by atoms with Crippen LogP contribution in [0.5, 0.6) is 0 Å². The Kier molecular flexibility index (Phi) is 4.19. The first-order valence-electron chi connectivity index (χ1n) is 4.91. The van der Waals surface area contributed by atoms with Gasteiger partial charge in [-0.25, -0.2) is 0 Å². The van der Waals surface area contributed by atoms with E-state index in [4.69, 9.17) is 15.8 Å². The van der Waals surface area contributed by atoms with E-state index in [1.54, 1.807) is 0 Å². The highest BCUT2D eigenvalue weighted by molar-refractivity contribution is 6.40. The van der Waals surface area contributed by atoms with Crippen molar-refractivity contribution in [3.63, 3.8) is 0 Å². The molecular weight excluding hydrogens is 197 g/mol. The second kappa shape index (κ2) is 5.20. The van der Waals surface area contributed by atoms with Crippen molar-refractivity contribution in [2.75, 3.05) is 0 Å². The third-order valence-corrected chi connectivity index (χ3v) is 2.26. The van der Waals surface area contributed by atoms with Gasteiger partial charge in [0.25, 0.3) is 0 Å². The van der Waals surface area contributed by atoms with Crippen molar-refractivity contribution < 1.29 is 10.0 Å². The number of H-pyrrole nitrogens is 1. The van der Waals surface area contributed by atoms with E-state index in [1.807, 2.05) is 6.92 Å². The van der Waals surface area contributed by atoms with Gasteiger partial charge in [-0.2, -0.15) is 5.21 Å². The molecule has 0 amide bonds. The summed E-state index contributed by atoms with van der Waals surface area (Å²) in [5, 5.41) is 30.8. The maximum Gasteiger partial charge on any atom is 0.451 e. The molecule has 0 saturated carbocycles. The Balaban J connectivity index is 2.31. The van der Waals surface area contributed by atoms with Crippen LogP contribution in [0.2, 0.25) is 6.32 Å². The molecule has 7 nitrogen and oxygen atoms in total. The molecule has 1 unspecified atom stereocenters. The molecule has 8 heteroatoms. The largest absolute Gasteiger partial charge is 0.451 e. The van der Waals surface area contributed by atoms with Gasteiger partial charge in [-0.05, 0) is 19.7 Å². The van der Waals surface area contributed by atoms with Gasteiger partial charge in [-0.3, -0.25) is 0 Å². The molecule has 1 atom stereocenters. The van der Waals surface area contributed by atoms with Crippen LogP contribution in [-0.4, -0.2) is 37.8 Å². The van der Waals surface area contributed by atoms with Crippen molar-refractivity contribution in [3.05, 3.63) is 5.82 Å². The summed E-state index contributed by atoms with van der Waals surface area (Å²) in [5.41, 5.74) is 5.37. The zero-order valence-corrected chi connectivity index (χ0v) is 8.72. The predicted molar refractivity (Wildman–Crippen MR) is 54.6 cm³/mol. The van der Waals surface area contributed by atoms with E-state index in [2.05, 4.69) is 20.6 Å². The fourth-order valence-electron chi connectivity index (χ4n) is 1.33. The quantitative estimate of drug-likeness (QED) is 0.356. The molecule has 5 N–H and O–H groups in total. The van der Waals surface area contributed by atoms with Crippen LogP contribution >= 0.6 is 0 Å². The molecule has 0 saturated heterocycles. The van der Waals surface area contributed by atoms with Crippen LogP contribution in [0.1, 0.15) is 32.0 Å². The molecule has 0 spiro atoms. The van der Waals surface area contributed by atoms with Crippen molar-refractivity contribution in [2.24, 2.45) is 5.73 Å². The molecule has 0 bridgehead atoms. The van der Waals surface area contributed by atoms with Gasteiger partial charge >= 0.3 is 7.12 Å². The Morgan fingerprint density at radius 1 is 1.47 bits per heavy atom. The molecule has 0 fully saturated rings. The van der Waals surface area contributed by atoms with Gasteiger partial charge in [-0.1, -0.05) is 18.1 Å². The van der Waals surface area contributed by atoms with Crippen molar-refractivity contribution in [1.82, 2.24) is 20.6 Å². The lowest BCUT2D eigenvalue weighted by molar-refractivity contribution is 0.385. The summed E-state index contributed by atoms with van der Waals surface area (Å²) in [4.78, 5) is 0. The van der Waals surface area contributed by atoms with Crippen molar-refractivity contribution in [2.45, 2.75) is 38.0 Å². The summed E-state index contributed by atoms with van der Waals surface area (Å²) in [7, 11) is -1.24. The van der Waals surface area contributed by atoms with E-state index >= 15 is 0 Å². The summed E-state index contributed by atoms with van der Waals surface area (Å²) in [6, 6.07) is 0. The van der Waals surface area contributed by atoms with Crippen LogP contribution < -0.4 is 5.73 Å². The van der Waals surface area contributed by atoms with Crippen LogP contribution in [0.3, 0.4) is 0 Å². The number of rotatable bonds is 6. The lowest BCUT2D eigenvalue weighted by Crippen LogP contribution is -2.34. The zero-order valence-electron chi connectivity index (χ0n) is 8.72. The van der Waals surface area contributed by atoms with Crippen molar-refractivity contribution in [1.29, 1.82) is 0 Å². The van der Waals surface area contributed by atoms with E-state index in [0.29, 0.717) is 25.0 Å². The number of nitrogens with one attached hydrogen (secondary N) is 1. The third-order valence-electron chi connectivity index (χ3n) is 2.26. The smallest absolute Gasteiger partial charge is 0.427 e. The number of nitrogens with two attached hydrogens (primary N) is 1. The van der Waals surface area contributed by atoms with Gasteiger partial charge in [0.1, 0.15) is 0 Å². The highest BCUT2D eigenvalue weighted by atomic mass is 16.4. The van der Waals surface area contributed by atoms with Crippen LogP contribution in [0.4, 0.5) is 0 Å². The second-order valence-corrected chi connectivity index (χ2v) is 3.88. The van der Waals surface area contributed by atoms with Crippen molar-refractivity contribution in [3.8, 4) is 0 Å². The minimum atomic E-state index is -1.24. The van der Waals surface area contributed by atoms with Crippen LogP contribution in [0, 0.1) is 0 Å². The lowest BCUT2D eigenvalue weighted by atomic mass is 9.82. The van der Waals surface area contributed by atoms with Crippen LogP contribution in [0.25, 0.3) is 0 Å². The molecular formula is C7H16BN5O2. The van der Waals surface area contributed by atoms with Gasteiger partial charge in [0.05, 0.1) is 5.54 Å². The molecule has 0 aliphatic heterocycles. The predicted octanol–water partition coefficient (Wildman–Crippen LogP) is -0.983. The van der Waals surface area contributed by atoms with Gasteiger partial charge in [0, 0.05) is 0 Å². The zero-order chi connectivity index (χ0) is 11.3. The molecule has 84 valence electrons. The van der Waals surface area contributed by atoms with E-state index < -0.39 is 12.7 Å². The molecule has 1 aromatic heterocycles. The maximum atomic E-state index is 8.65. The SMILES string of the molecule is CC(N)(CCCCB(O)O)c1nn[nH]n1. The molecule has 0 radical (unpaired) electrons. The number of aromatic amines is 1. The third kappa shape index (κ3) is 3.94. The number of hydrogen-bond donors (Lipinski definition) is 4. The minimum absolute atomic E-state index is 0.363. The Morgan fingerprint density at radius 2 is 2.20 bits per heavy atom. The highest BCUT2D eigenvalue weighted by Crippen LogP contribution is 2.20. The van der Waals surface area contributed by atoms with Gasteiger partial charge in [-0.15, -0.1) is 10.2 Å². The van der Waals surface area contributed by atoms with E-state index in [1.165, 1.54) is 0 Å². The standard InChI is InChI=1S/C7H16BN5O2/c1-7(9,6-10-12-13-11-6)4-2-3-5-8(14)15/h14-15H,2-5,9H2,1H3,(H,10,11,12,13). The number of tetrazole rings is 1. The fraction of sp³-hybridized carbons (Fsp3) is 0.857. The molecule has 0 aliphatic rings. The normalized spacial score (nSPS) is 14.9. The van der Waals surface area contributed by atoms with Crippen LogP contribution in [0.15, 0.2) is 0 Å². The number of aromatic nitrogens is 4. The maximum absolute atomic E-state index is 8.65. The molecule has 15 heavy (non-hydrogen) atoms. The van der Waals surface area contributed by atoms with Crippen molar-refractivity contribution >= 4 is 7.12 Å². The average molecular weight is 213 g/mol. The first-order valence-corrected chi connectivity index (χ1v) is 4.91. The summed E-state index contributed by atoms with van der Waals surface area (Å²) in [6.45, 7) is 1.83. The molecule has 0 aliphatic carbocycles. The molecule has 1 rings (SSSR count). The monoisotopic (exact) mass is 213 g/mol. The second-order valence-electron chi connectivity index (χ2n) is 3.88. The summed E-state index contributed by atoms with van der Waals surface area (Å²) < 4.78 is 0. The summed E-state index contributed by atoms with van der Waals surface area (Å²) >= 11 is 0. The molecule has 1 heterocycles. The molecule has 0 aromatic carbocycles. The number of unbranched alkanes of at least 4 members (excludes halogenated alkanes) is 1. The fourth-order valence-corrected chi connectivity index (χ4v) is 1.33. The van der Waals surface area contributed by atoms with Gasteiger partial charge in [0.15, 0.2) is 5.82 Å². The van der Waals surface area contributed by atoms with Crippen LogP contribution in [-0.2, 0) is 5.54 Å². The molecule has 1 aromatic rings. The van der Waals surface area contributed by atoms with Gasteiger partial charge in [0.2, 0.25) is 0 Å². The Hall–Kier alpha value is -0.985. The summed E-state index contributed by atoms with van der Waals surface area (Å²) in [6.07, 6.45) is 2.54. The number of hydrogen-bond acceptors (Lipinski definition) is 6. The Bertz CT molecular complexity index is 277. The highest BCUT2D eigenvalue weighted by Gasteiger charge is 2.25. The van der Waals surface area contributed by atoms with E-state index in [0.717, 1.165) is 6.42 Å². The Labute approximate surface area is 88.2 Å². The average Bonchev–Trinajstić information content (AvgIpc) is 2.65. The first kappa shape index (κ1) is 12.1. The minimum Gasteiger partial charge on any atom is -0.427 e. The first-order chi connectivity index (χ1) is 7.02. The Morgan fingerprint density at radius 3 is 2.73 bits per heavy atom. The number of nitrogens with zero attached hydrogens (tertiary/aromatic N) is 3. The summed E-state index contributed by atoms with van der Waals surface area (Å²) in [5.74, 6) is 0.479. The van der Waals surface area contributed by atoms with E-state index in [9.17, 15) is 0 Å². The van der Waals surface area contributed by atoms with E-state index in [-0.39, 0.29) is 0 Å².